The van der Waals surface area contributed by atoms with Gasteiger partial charge in [-0.05, 0) is 54.8 Å². The smallest absolute Gasteiger partial charge is 0.263 e. The molecule has 3 aromatic heterocycles. The topological polar surface area (TPSA) is 60.9 Å². The van der Waals surface area contributed by atoms with Crippen LogP contribution in [-0.2, 0) is 6.54 Å². The van der Waals surface area contributed by atoms with E-state index in [1.165, 1.54) is 51.8 Å². The van der Waals surface area contributed by atoms with Crippen LogP contribution in [0.1, 0.15) is 16.8 Å². The number of nitrogens with zero attached hydrogens (tertiary/aromatic N) is 3. The first-order chi connectivity index (χ1) is 15.0. The normalized spacial score (nSPS) is 11.3. The molecule has 31 heavy (non-hydrogen) atoms. The van der Waals surface area contributed by atoms with Crippen molar-refractivity contribution in [3.8, 4) is 22.6 Å². The van der Waals surface area contributed by atoms with Crippen molar-refractivity contribution < 1.29 is 8.81 Å². The van der Waals surface area contributed by atoms with Crippen molar-refractivity contribution in [3.05, 3.63) is 93.4 Å². The summed E-state index contributed by atoms with van der Waals surface area (Å²) in [6.45, 7) is 4.36. The molecule has 0 aliphatic carbocycles. The van der Waals surface area contributed by atoms with E-state index < -0.39 is 0 Å². The Hall–Kier alpha value is -3.58. The van der Waals surface area contributed by atoms with Crippen molar-refractivity contribution >= 4 is 21.6 Å². The van der Waals surface area contributed by atoms with Crippen molar-refractivity contribution in [2.45, 2.75) is 20.4 Å². The molecule has 0 atom stereocenters. The number of hydrogen-bond donors (Lipinski definition) is 0. The van der Waals surface area contributed by atoms with Crippen molar-refractivity contribution in [2.24, 2.45) is 0 Å². The number of aromatic nitrogens is 3. The lowest BCUT2D eigenvalue weighted by atomic mass is 10.0. The van der Waals surface area contributed by atoms with Crippen LogP contribution >= 0.6 is 11.3 Å². The maximum Gasteiger partial charge on any atom is 0.263 e. The van der Waals surface area contributed by atoms with Gasteiger partial charge < -0.3 is 4.42 Å². The minimum atomic E-state index is -0.322. The molecule has 0 amide bonds. The lowest BCUT2D eigenvalue weighted by molar-refractivity contribution is 0.570. The number of hydrogen-bond acceptors (Lipinski definition) is 5. The highest BCUT2D eigenvalue weighted by Gasteiger charge is 2.15. The largest absolute Gasteiger partial charge is 0.444 e. The number of aryl methyl sites for hydroxylation is 2. The van der Waals surface area contributed by atoms with Gasteiger partial charge in [-0.3, -0.25) is 9.36 Å². The van der Waals surface area contributed by atoms with Crippen LogP contribution in [-0.4, -0.2) is 14.5 Å². The van der Waals surface area contributed by atoms with Gasteiger partial charge in [0.15, 0.2) is 0 Å². The standard InChI is InChI=1S/C24H18FN3O2S/c1-14-3-4-17(9-15(14)2)20-12-31-23-21(20)24(29)28(13-26-23)10-19-11-30-22(27-19)16-5-7-18(25)8-6-16/h3-9,11-13H,10H2,1-2H3. The molecule has 0 fully saturated rings. The third-order valence-electron chi connectivity index (χ3n) is 5.35. The van der Waals surface area contributed by atoms with Gasteiger partial charge in [0.2, 0.25) is 5.89 Å². The summed E-state index contributed by atoms with van der Waals surface area (Å²) < 4.78 is 20.2. The molecule has 154 valence electrons. The first-order valence-electron chi connectivity index (χ1n) is 9.74. The number of rotatable bonds is 4. The van der Waals surface area contributed by atoms with Crippen LogP contribution < -0.4 is 5.56 Å². The van der Waals surface area contributed by atoms with E-state index in [1.54, 1.807) is 12.1 Å². The number of fused-ring (bicyclic) bond motifs is 1. The fourth-order valence-corrected chi connectivity index (χ4v) is 4.39. The summed E-state index contributed by atoms with van der Waals surface area (Å²) >= 11 is 1.46. The van der Waals surface area contributed by atoms with E-state index >= 15 is 0 Å². The molecule has 5 nitrogen and oxygen atoms in total. The maximum atomic E-state index is 13.3. The molecule has 2 aromatic carbocycles. The van der Waals surface area contributed by atoms with Gasteiger partial charge >= 0.3 is 0 Å². The average molecular weight is 431 g/mol. The zero-order chi connectivity index (χ0) is 21.5. The summed E-state index contributed by atoms with van der Waals surface area (Å²) in [6, 6.07) is 12.1. The highest BCUT2D eigenvalue weighted by molar-refractivity contribution is 7.17. The lowest BCUT2D eigenvalue weighted by Crippen LogP contribution is -2.21. The fourth-order valence-electron chi connectivity index (χ4n) is 3.48. The molecule has 0 spiro atoms. The van der Waals surface area contributed by atoms with Gasteiger partial charge in [-0.15, -0.1) is 11.3 Å². The van der Waals surface area contributed by atoms with Crippen LogP contribution in [0.4, 0.5) is 4.39 Å². The Balaban J connectivity index is 1.51. The highest BCUT2D eigenvalue weighted by Crippen LogP contribution is 2.31. The summed E-state index contributed by atoms with van der Waals surface area (Å²) in [5.74, 6) is 0.0558. The van der Waals surface area contributed by atoms with Crippen LogP contribution in [0.15, 0.2) is 69.6 Å². The molecule has 5 rings (SSSR count). The lowest BCUT2D eigenvalue weighted by Gasteiger charge is -2.06. The molecule has 0 saturated heterocycles. The Morgan fingerprint density at radius 2 is 1.84 bits per heavy atom. The minimum Gasteiger partial charge on any atom is -0.444 e. The van der Waals surface area contributed by atoms with Crippen LogP contribution in [0, 0.1) is 19.7 Å². The second kappa shape index (κ2) is 7.59. The Morgan fingerprint density at radius 3 is 2.61 bits per heavy atom. The van der Waals surface area contributed by atoms with Crippen LogP contribution in [0.2, 0.25) is 0 Å². The van der Waals surface area contributed by atoms with E-state index in [0.717, 1.165) is 11.1 Å². The van der Waals surface area contributed by atoms with E-state index in [2.05, 4.69) is 35.9 Å². The Morgan fingerprint density at radius 1 is 1.06 bits per heavy atom. The molecular weight excluding hydrogens is 413 g/mol. The van der Waals surface area contributed by atoms with Crippen molar-refractivity contribution in [2.75, 3.05) is 0 Å². The van der Waals surface area contributed by atoms with Gasteiger partial charge in [0.25, 0.3) is 5.56 Å². The molecule has 3 heterocycles. The third kappa shape index (κ3) is 3.57. The molecular formula is C24H18FN3O2S. The first-order valence-corrected chi connectivity index (χ1v) is 10.6. The minimum absolute atomic E-state index is 0.120. The van der Waals surface area contributed by atoms with Crippen LogP contribution in [0.5, 0.6) is 0 Å². The van der Waals surface area contributed by atoms with E-state index in [1.807, 2.05) is 11.4 Å². The van der Waals surface area contributed by atoms with Gasteiger partial charge in [0.1, 0.15) is 16.9 Å². The zero-order valence-electron chi connectivity index (χ0n) is 16.9. The monoisotopic (exact) mass is 431 g/mol. The van der Waals surface area contributed by atoms with E-state index in [0.29, 0.717) is 27.4 Å². The van der Waals surface area contributed by atoms with Crippen molar-refractivity contribution in [1.82, 2.24) is 14.5 Å². The molecule has 0 aliphatic heterocycles. The Kier molecular flexibility index (Phi) is 4.75. The molecule has 0 N–H and O–H groups in total. The quantitative estimate of drug-likeness (QED) is 0.372. The number of halogens is 1. The van der Waals surface area contributed by atoms with Crippen LogP contribution in [0.25, 0.3) is 32.8 Å². The Bertz CT molecular complexity index is 1460. The number of benzene rings is 2. The number of thiophene rings is 1. The summed E-state index contributed by atoms with van der Waals surface area (Å²) in [4.78, 5) is 22.9. The maximum absolute atomic E-state index is 13.3. The van der Waals surface area contributed by atoms with E-state index in [4.69, 9.17) is 4.42 Å². The third-order valence-corrected chi connectivity index (χ3v) is 6.24. The molecule has 0 radical (unpaired) electrons. The molecule has 0 bridgehead atoms. The van der Waals surface area contributed by atoms with Gasteiger partial charge in [0, 0.05) is 16.5 Å². The predicted molar refractivity (Wildman–Crippen MR) is 120 cm³/mol. The SMILES string of the molecule is Cc1ccc(-c2csc3ncn(Cc4coc(-c5ccc(F)cc5)n4)c(=O)c23)cc1C. The summed E-state index contributed by atoms with van der Waals surface area (Å²) in [5.41, 5.74) is 5.42. The second-order valence-electron chi connectivity index (χ2n) is 7.46. The van der Waals surface area contributed by atoms with E-state index in [-0.39, 0.29) is 17.9 Å². The first kappa shape index (κ1) is 19.4. The second-order valence-corrected chi connectivity index (χ2v) is 8.32. The predicted octanol–water partition coefficient (Wildman–Crippen LogP) is 5.58. The van der Waals surface area contributed by atoms with Gasteiger partial charge in [0.05, 0.1) is 24.0 Å². The van der Waals surface area contributed by atoms with Crippen molar-refractivity contribution in [1.29, 1.82) is 0 Å². The molecule has 0 saturated carbocycles. The summed E-state index contributed by atoms with van der Waals surface area (Å²) in [5, 5.41) is 2.59. The Labute approximate surface area is 181 Å². The fraction of sp³-hybridized carbons (Fsp3) is 0.125. The molecule has 0 unspecified atom stereocenters. The molecule has 0 aliphatic rings. The average Bonchev–Trinajstić information content (AvgIpc) is 3.40. The number of oxazole rings is 1. The summed E-state index contributed by atoms with van der Waals surface area (Å²) in [7, 11) is 0. The van der Waals surface area contributed by atoms with Crippen molar-refractivity contribution in [3.63, 3.8) is 0 Å². The molecule has 7 heteroatoms. The zero-order valence-corrected chi connectivity index (χ0v) is 17.7. The highest BCUT2D eigenvalue weighted by atomic mass is 32.1. The van der Waals surface area contributed by atoms with Crippen LogP contribution in [0.3, 0.4) is 0 Å². The van der Waals surface area contributed by atoms with E-state index in [9.17, 15) is 9.18 Å². The van der Waals surface area contributed by atoms with Gasteiger partial charge in [-0.2, -0.15) is 0 Å². The summed E-state index contributed by atoms with van der Waals surface area (Å²) in [6.07, 6.45) is 3.05. The van der Waals surface area contributed by atoms with Gasteiger partial charge in [-0.25, -0.2) is 14.4 Å². The molecule has 5 aromatic rings. The van der Waals surface area contributed by atoms with Gasteiger partial charge in [-0.1, -0.05) is 18.2 Å².